The third kappa shape index (κ3) is 2.42. The molecule has 1 aliphatic heterocycles. The maximum absolute atomic E-state index is 12.0. The molecule has 5 heteroatoms. The van der Waals surface area contributed by atoms with Crippen molar-refractivity contribution in [1.29, 1.82) is 0 Å². The molecular weight excluding hydrogens is 232 g/mol. The van der Waals surface area contributed by atoms with E-state index in [2.05, 4.69) is 5.32 Å². The zero-order chi connectivity index (χ0) is 13.1. The van der Waals surface area contributed by atoms with E-state index in [-0.39, 0.29) is 18.3 Å². The minimum atomic E-state index is -0.536. The van der Waals surface area contributed by atoms with Gasteiger partial charge in [-0.1, -0.05) is 0 Å². The molecule has 5 nitrogen and oxygen atoms in total. The first-order valence-corrected chi connectivity index (χ1v) is 5.90. The molecule has 1 aliphatic rings. The predicted molar refractivity (Wildman–Crippen MR) is 67.7 cm³/mol. The lowest BCUT2D eigenvalue weighted by Gasteiger charge is -2.32. The number of carbonyl (C=O) groups is 2. The predicted octanol–water partition coefficient (Wildman–Crippen LogP) is 0.186. The number of carbonyl (C=O) groups excluding carboxylic acids is 2. The first-order valence-electron chi connectivity index (χ1n) is 5.90. The summed E-state index contributed by atoms with van der Waals surface area (Å²) >= 11 is 0. The summed E-state index contributed by atoms with van der Waals surface area (Å²) in [5.74, 6) is -0.138. The summed E-state index contributed by atoms with van der Waals surface area (Å²) in [5.41, 5.74) is 1.38. The smallest absolute Gasteiger partial charge is 0.246 e. The lowest BCUT2D eigenvalue weighted by molar-refractivity contribution is -0.122. The third-order valence-corrected chi connectivity index (χ3v) is 3.06. The number of anilines is 1. The number of hydrogen-bond acceptors (Lipinski definition) is 4. The minimum absolute atomic E-state index is 0.00132. The number of nitrogens with zero attached hydrogens (tertiary/aromatic N) is 1. The number of hydrogen-bond donors (Lipinski definition) is 2. The Morgan fingerprint density at radius 2 is 2.11 bits per heavy atom. The molecule has 0 aliphatic carbocycles. The van der Waals surface area contributed by atoms with Gasteiger partial charge in [-0.2, -0.15) is 0 Å². The van der Waals surface area contributed by atoms with Crippen LogP contribution < -0.4 is 10.2 Å². The Balaban J connectivity index is 2.20. The molecule has 18 heavy (non-hydrogen) atoms. The first kappa shape index (κ1) is 12.7. The van der Waals surface area contributed by atoms with Gasteiger partial charge in [0.05, 0.1) is 6.61 Å². The van der Waals surface area contributed by atoms with Gasteiger partial charge in [-0.15, -0.1) is 0 Å². The van der Waals surface area contributed by atoms with E-state index in [1.807, 2.05) is 0 Å². The standard InChI is InChI=1S/C13H16N2O3/c1-9(17)10-2-4-11(5-3-10)15-7-6-14-12(8-16)13(15)18/h2-5,12,14,16H,6-8H2,1H3. The molecule has 1 aromatic carbocycles. The highest BCUT2D eigenvalue weighted by Gasteiger charge is 2.28. The number of Topliss-reactive ketones (excluding diaryl/α,β-unsaturated/α-hetero) is 1. The van der Waals surface area contributed by atoms with Crippen molar-refractivity contribution >= 4 is 17.4 Å². The summed E-state index contributed by atoms with van der Waals surface area (Å²) in [6.07, 6.45) is 0. The van der Waals surface area contributed by atoms with Crippen LogP contribution in [0.2, 0.25) is 0 Å². The molecule has 1 atom stereocenters. The highest BCUT2D eigenvalue weighted by molar-refractivity contribution is 5.99. The Labute approximate surface area is 105 Å². The summed E-state index contributed by atoms with van der Waals surface area (Å²) in [4.78, 5) is 24.8. The summed E-state index contributed by atoms with van der Waals surface area (Å²) in [6.45, 7) is 2.51. The Kier molecular flexibility index (Phi) is 3.74. The van der Waals surface area contributed by atoms with Crippen LogP contribution in [-0.2, 0) is 4.79 Å². The van der Waals surface area contributed by atoms with Gasteiger partial charge in [0.2, 0.25) is 5.91 Å². The van der Waals surface area contributed by atoms with Gasteiger partial charge in [0.15, 0.2) is 5.78 Å². The van der Waals surface area contributed by atoms with Gasteiger partial charge in [0.1, 0.15) is 6.04 Å². The van der Waals surface area contributed by atoms with Crippen molar-refractivity contribution in [1.82, 2.24) is 5.32 Å². The Hall–Kier alpha value is -1.72. The van der Waals surface area contributed by atoms with Crippen molar-refractivity contribution in [3.63, 3.8) is 0 Å². The van der Waals surface area contributed by atoms with Crippen molar-refractivity contribution in [2.24, 2.45) is 0 Å². The number of rotatable bonds is 3. The first-order chi connectivity index (χ1) is 8.63. The Morgan fingerprint density at radius 3 is 2.67 bits per heavy atom. The topological polar surface area (TPSA) is 69.6 Å². The van der Waals surface area contributed by atoms with E-state index >= 15 is 0 Å². The SMILES string of the molecule is CC(=O)c1ccc(N2CCNC(CO)C2=O)cc1. The monoisotopic (exact) mass is 248 g/mol. The molecule has 2 N–H and O–H groups in total. The molecule has 96 valence electrons. The van der Waals surface area contributed by atoms with Crippen LogP contribution in [0.5, 0.6) is 0 Å². The van der Waals surface area contributed by atoms with Gasteiger partial charge in [-0.3, -0.25) is 9.59 Å². The molecule has 0 bridgehead atoms. The fourth-order valence-corrected chi connectivity index (χ4v) is 2.01. The van der Waals surface area contributed by atoms with Crippen LogP contribution in [0.15, 0.2) is 24.3 Å². The average molecular weight is 248 g/mol. The largest absolute Gasteiger partial charge is 0.394 e. The van der Waals surface area contributed by atoms with Crippen LogP contribution in [0.3, 0.4) is 0 Å². The van der Waals surface area contributed by atoms with Crippen LogP contribution in [0.1, 0.15) is 17.3 Å². The summed E-state index contributed by atoms with van der Waals surface area (Å²) in [6, 6.07) is 6.40. The van der Waals surface area contributed by atoms with Gasteiger partial charge in [0.25, 0.3) is 0 Å². The fourth-order valence-electron chi connectivity index (χ4n) is 2.01. The summed E-state index contributed by atoms with van der Waals surface area (Å²) < 4.78 is 0. The van der Waals surface area contributed by atoms with Gasteiger partial charge >= 0.3 is 0 Å². The Bertz CT molecular complexity index is 456. The lowest BCUT2D eigenvalue weighted by atomic mass is 10.1. The number of aliphatic hydroxyl groups is 1. The maximum Gasteiger partial charge on any atom is 0.246 e. The third-order valence-electron chi connectivity index (χ3n) is 3.06. The van der Waals surface area contributed by atoms with E-state index in [9.17, 15) is 9.59 Å². The van der Waals surface area contributed by atoms with E-state index in [4.69, 9.17) is 5.11 Å². The molecule has 1 amide bonds. The molecule has 1 aromatic rings. The van der Waals surface area contributed by atoms with Gasteiger partial charge < -0.3 is 15.3 Å². The average Bonchev–Trinajstić information content (AvgIpc) is 2.39. The highest BCUT2D eigenvalue weighted by atomic mass is 16.3. The van der Waals surface area contributed by atoms with Crippen molar-refractivity contribution in [3.05, 3.63) is 29.8 Å². The van der Waals surface area contributed by atoms with Gasteiger partial charge in [-0.05, 0) is 31.2 Å². The van der Waals surface area contributed by atoms with E-state index in [1.165, 1.54) is 6.92 Å². The molecule has 0 saturated carbocycles. The van der Waals surface area contributed by atoms with Crippen LogP contribution in [0.4, 0.5) is 5.69 Å². The van der Waals surface area contributed by atoms with Gasteiger partial charge in [-0.25, -0.2) is 0 Å². The maximum atomic E-state index is 12.0. The van der Waals surface area contributed by atoms with Crippen molar-refractivity contribution in [2.75, 3.05) is 24.6 Å². The highest BCUT2D eigenvalue weighted by Crippen LogP contribution is 2.18. The second-order valence-corrected chi connectivity index (χ2v) is 4.28. The molecule has 0 spiro atoms. The quantitative estimate of drug-likeness (QED) is 0.749. The molecule has 0 radical (unpaired) electrons. The van der Waals surface area contributed by atoms with E-state index in [0.717, 1.165) is 5.69 Å². The zero-order valence-electron chi connectivity index (χ0n) is 10.2. The summed E-state index contributed by atoms with van der Waals surface area (Å²) in [7, 11) is 0. The fraction of sp³-hybridized carbons (Fsp3) is 0.385. The van der Waals surface area contributed by atoms with E-state index in [0.29, 0.717) is 18.7 Å². The number of amides is 1. The van der Waals surface area contributed by atoms with Crippen LogP contribution in [-0.4, -0.2) is 42.5 Å². The number of benzene rings is 1. The molecular formula is C13H16N2O3. The minimum Gasteiger partial charge on any atom is -0.394 e. The molecule has 1 unspecified atom stereocenters. The lowest BCUT2D eigenvalue weighted by Crippen LogP contribution is -2.56. The molecule has 1 heterocycles. The van der Waals surface area contributed by atoms with E-state index in [1.54, 1.807) is 29.2 Å². The van der Waals surface area contributed by atoms with Crippen molar-refractivity contribution < 1.29 is 14.7 Å². The molecule has 2 rings (SSSR count). The zero-order valence-corrected chi connectivity index (χ0v) is 10.2. The van der Waals surface area contributed by atoms with Crippen LogP contribution >= 0.6 is 0 Å². The number of piperazine rings is 1. The normalized spacial score (nSPS) is 20.0. The van der Waals surface area contributed by atoms with Crippen LogP contribution in [0, 0.1) is 0 Å². The second-order valence-electron chi connectivity index (χ2n) is 4.28. The molecule has 1 fully saturated rings. The van der Waals surface area contributed by atoms with Crippen LogP contribution in [0.25, 0.3) is 0 Å². The van der Waals surface area contributed by atoms with Crippen molar-refractivity contribution in [3.8, 4) is 0 Å². The van der Waals surface area contributed by atoms with E-state index < -0.39 is 6.04 Å². The number of aliphatic hydroxyl groups excluding tert-OH is 1. The number of nitrogens with one attached hydrogen (secondary N) is 1. The van der Waals surface area contributed by atoms with Gasteiger partial charge in [0, 0.05) is 24.3 Å². The molecule has 0 aromatic heterocycles. The molecule has 1 saturated heterocycles. The van der Waals surface area contributed by atoms with Crippen molar-refractivity contribution in [2.45, 2.75) is 13.0 Å². The Morgan fingerprint density at radius 1 is 1.44 bits per heavy atom. The number of ketones is 1. The summed E-state index contributed by atoms with van der Waals surface area (Å²) in [5, 5.41) is 12.0. The second kappa shape index (κ2) is 5.29.